The molecule has 4 rings (SSSR count). The molecule has 0 aliphatic heterocycles. The maximum atomic E-state index is 2.34. The summed E-state index contributed by atoms with van der Waals surface area (Å²) < 4.78 is 0. The molecule has 3 aromatic carbocycles. The van der Waals surface area contributed by atoms with Gasteiger partial charge in [0.25, 0.3) is 0 Å². The van der Waals surface area contributed by atoms with Crippen molar-refractivity contribution in [2.75, 3.05) is 0 Å². The molecule has 1 aliphatic carbocycles. The Morgan fingerprint density at radius 1 is 0.636 bits per heavy atom. The molecule has 0 radical (unpaired) electrons. The first-order chi connectivity index (χ1) is 10.7. The standard InChI is InChI=1S/C22H20/c1-14-11-12-19-20(13-14)17-9-4-5-10-18(17)22(19)21-15(2)7-6-8-16(21)3/h4-13,22H,1-3H3. The van der Waals surface area contributed by atoms with Crippen molar-refractivity contribution in [2.45, 2.75) is 26.7 Å². The Labute approximate surface area is 132 Å². The lowest BCUT2D eigenvalue weighted by Gasteiger charge is -2.19. The summed E-state index contributed by atoms with van der Waals surface area (Å²) in [5, 5.41) is 0. The zero-order valence-electron chi connectivity index (χ0n) is 13.4. The number of rotatable bonds is 1. The third-order valence-corrected chi connectivity index (χ3v) is 4.91. The first-order valence-corrected chi connectivity index (χ1v) is 7.93. The van der Waals surface area contributed by atoms with Crippen LogP contribution in [0.1, 0.15) is 39.3 Å². The SMILES string of the molecule is Cc1ccc2c(c1)-c1ccccc1C2c1c(C)cccc1C. The van der Waals surface area contributed by atoms with Crippen LogP contribution < -0.4 is 0 Å². The van der Waals surface area contributed by atoms with Crippen molar-refractivity contribution < 1.29 is 0 Å². The van der Waals surface area contributed by atoms with Gasteiger partial charge >= 0.3 is 0 Å². The van der Waals surface area contributed by atoms with Gasteiger partial charge in [0.1, 0.15) is 0 Å². The van der Waals surface area contributed by atoms with Gasteiger partial charge in [-0.1, -0.05) is 66.2 Å². The summed E-state index contributed by atoms with van der Waals surface area (Å²) in [5.74, 6) is 0.369. The van der Waals surface area contributed by atoms with Gasteiger partial charge in [-0.3, -0.25) is 0 Å². The van der Waals surface area contributed by atoms with Crippen LogP contribution in [0.4, 0.5) is 0 Å². The Morgan fingerprint density at radius 3 is 2.09 bits per heavy atom. The van der Waals surface area contributed by atoms with Gasteiger partial charge < -0.3 is 0 Å². The summed E-state index contributed by atoms with van der Waals surface area (Å²) in [7, 11) is 0. The van der Waals surface area contributed by atoms with E-state index in [1.165, 1.54) is 44.5 Å². The fourth-order valence-corrected chi connectivity index (χ4v) is 3.91. The molecule has 0 heterocycles. The molecule has 0 amide bonds. The van der Waals surface area contributed by atoms with E-state index in [0.29, 0.717) is 5.92 Å². The van der Waals surface area contributed by atoms with Crippen molar-refractivity contribution in [3.63, 3.8) is 0 Å². The highest BCUT2D eigenvalue weighted by atomic mass is 14.3. The summed E-state index contributed by atoms with van der Waals surface area (Å²) in [5.41, 5.74) is 11.3. The molecule has 0 saturated heterocycles. The summed E-state index contributed by atoms with van der Waals surface area (Å²) >= 11 is 0. The van der Waals surface area contributed by atoms with Gasteiger partial charge in [-0.15, -0.1) is 0 Å². The zero-order chi connectivity index (χ0) is 15.3. The lowest BCUT2D eigenvalue weighted by Crippen LogP contribution is -2.04. The highest BCUT2D eigenvalue weighted by Gasteiger charge is 2.31. The van der Waals surface area contributed by atoms with Crippen molar-refractivity contribution in [1.82, 2.24) is 0 Å². The zero-order valence-corrected chi connectivity index (χ0v) is 13.4. The minimum Gasteiger partial charge on any atom is -0.0619 e. The van der Waals surface area contributed by atoms with E-state index in [9.17, 15) is 0 Å². The van der Waals surface area contributed by atoms with Gasteiger partial charge in [-0.05, 0) is 59.7 Å². The lowest BCUT2D eigenvalue weighted by atomic mass is 9.84. The predicted molar refractivity (Wildman–Crippen MR) is 93.5 cm³/mol. The van der Waals surface area contributed by atoms with Gasteiger partial charge in [-0.2, -0.15) is 0 Å². The van der Waals surface area contributed by atoms with E-state index < -0.39 is 0 Å². The number of fused-ring (bicyclic) bond motifs is 3. The number of hydrogen-bond donors (Lipinski definition) is 0. The normalized spacial score (nSPS) is 15.5. The molecule has 0 saturated carbocycles. The van der Waals surface area contributed by atoms with E-state index in [1.54, 1.807) is 0 Å². The van der Waals surface area contributed by atoms with E-state index in [1.807, 2.05) is 0 Å². The molecular weight excluding hydrogens is 264 g/mol. The smallest absolute Gasteiger partial charge is 0.0357 e. The van der Waals surface area contributed by atoms with Crippen molar-refractivity contribution in [3.05, 3.63) is 94.0 Å². The molecule has 0 spiro atoms. The average Bonchev–Trinajstić information content (AvgIpc) is 2.82. The van der Waals surface area contributed by atoms with Crippen molar-refractivity contribution in [2.24, 2.45) is 0 Å². The molecule has 108 valence electrons. The molecule has 0 aromatic heterocycles. The van der Waals surface area contributed by atoms with Crippen molar-refractivity contribution in [1.29, 1.82) is 0 Å². The molecule has 0 fully saturated rings. The van der Waals surface area contributed by atoms with E-state index >= 15 is 0 Å². The molecule has 22 heavy (non-hydrogen) atoms. The predicted octanol–water partition coefficient (Wildman–Crippen LogP) is 5.77. The Kier molecular flexibility index (Phi) is 2.94. The summed E-state index contributed by atoms with van der Waals surface area (Å²) in [6.07, 6.45) is 0. The van der Waals surface area contributed by atoms with Gasteiger partial charge in [0, 0.05) is 5.92 Å². The first-order valence-electron chi connectivity index (χ1n) is 7.93. The summed E-state index contributed by atoms with van der Waals surface area (Å²) in [6, 6.07) is 22.4. The lowest BCUT2D eigenvalue weighted by molar-refractivity contribution is 0.978. The molecule has 1 unspecified atom stereocenters. The molecule has 0 N–H and O–H groups in total. The van der Waals surface area contributed by atoms with Crippen LogP contribution in [0.3, 0.4) is 0 Å². The van der Waals surface area contributed by atoms with E-state index in [-0.39, 0.29) is 0 Å². The Bertz CT molecular complexity index is 851. The largest absolute Gasteiger partial charge is 0.0619 e. The quantitative estimate of drug-likeness (QED) is 0.416. The second-order valence-corrected chi connectivity index (χ2v) is 6.42. The van der Waals surface area contributed by atoms with Crippen LogP contribution in [0.25, 0.3) is 11.1 Å². The molecular formula is C22H20. The maximum Gasteiger partial charge on any atom is 0.0357 e. The maximum absolute atomic E-state index is 2.34. The Morgan fingerprint density at radius 2 is 1.32 bits per heavy atom. The van der Waals surface area contributed by atoms with Crippen LogP contribution >= 0.6 is 0 Å². The summed E-state index contributed by atoms with van der Waals surface area (Å²) in [6.45, 7) is 6.64. The minimum atomic E-state index is 0.369. The second-order valence-electron chi connectivity index (χ2n) is 6.42. The topological polar surface area (TPSA) is 0 Å². The van der Waals surface area contributed by atoms with Crippen LogP contribution in [0, 0.1) is 20.8 Å². The summed E-state index contributed by atoms with van der Waals surface area (Å²) in [4.78, 5) is 0. The van der Waals surface area contributed by atoms with E-state index in [0.717, 1.165) is 0 Å². The second kappa shape index (κ2) is 4.84. The third kappa shape index (κ3) is 1.84. The van der Waals surface area contributed by atoms with Gasteiger partial charge in [0.15, 0.2) is 0 Å². The fourth-order valence-electron chi connectivity index (χ4n) is 3.91. The van der Waals surface area contributed by atoms with Crippen molar-refractivity contribution in [3.8, 4) is 11.1 Å². The minimum absolute atomic E-state index is 0.369. The number of aryl methyl sites for hydroxylation is 3. The molecule has 0 bridgehead atoms. The van der Waals surface area contributed by atoms with Gasteiger partial charge in [-0.25, -0.2) is 0 Å². The van der Waals surface area contributed by atoms with Crippen molar-refractivity contribution >= 4 is 0 Å². The van der Waals surface area contributed by atoms with Gasteiger partial charge in [0.2, 0.25) is 0 Å². The van der Waals surface area contributed by atoms with E-state index in [2.05, 4.69) is 81.4 Å². The highest BCUT2D eigenvalue weighted by molar-refractivity contribution is 5.81. The highest BCUT2D eigenvalue weighted by Crippen LogP contribution is 2.49. The molecule has 1 atom stereocenters. The molecule has 1 aliphatic rings. The third-order valence-electron chi connectivity index (χ3n) is 4.91. The molecule has 3 aromatic rings. The fraction of sp³-hybridized carbons (Fsp3) is 0.182. The van der Waals surface area contributed by atoms with Gasteiger partial charge in [0.05, 0.1) is 0 Å². The molecule has 0 nitrogen and oxygen atoms in total. The van der Waals surface area contributed by atoms with Crippen LogP contribution in [0.15, 0.2) is 60.7 Å². The van der Waals surface area contributed by atoms with Crippen LogP contribution in [-0.2, 0) is 0 Å². The first kappa shape index (κ1) is 13.3. The number of benzene rings is 3. The monoisotopic (exact) mass is 284 g/mol. The Hall–Kier alpha value is -2.34. The van der Waals surface area contributed by atoms with Crippen LogP contribution in [0.5, 0.6) is 0 Å². The van der Waals surface area contributed by atoms with E-state index in [4.69, 9.17) is 0 Å². The van der Waals surface area contributed by atoms with Crippen LogP contribution in [0.2, 0.25) is 0 Å². The Balaban J connectivity index is 2.06. The molecule has 0 heteroatoms. The average molecular weight is 284 g/mol. The van der Waals surface area contributed by atoms with Crippen LogP contribution in [-0.4, -0.2) is 0 Å². The number of hydrogen-bond acceptors (Lipinski definition) is 0.